The molecule has 0 spiro atoms. The average Bonchev–Trinajstić information content (AvgIpc) is 3.44. The van der Waals surface area contributed by atoms with Crippen molar-refractivity contribution in [2.75, 3.05) is 25.1 Å². The number of carbonyl (C=O) groups is 2. The number of rotatable bonds is 11. The second-order valence-corrected chi connectivity index (χ2v) is 10.9. The number of pyridine rings is 2. The van der Waals surface area contributed by atoms with Crippen LogP contribution < -0.4 is 16.0 Å². The summed E-state index contributed by atoms with van der Waals surface area (Å²) in [6.07, 6.45) is 1.57. The third kappa shape index (κ3) is 9.08. The highest BCUT2D eigenvalue weighted by Crippen LogP contribution is 2.28. The molecule has 250 valence electrons. The van der Waals surface area contributed by atoms with Crippen LogP contribution in [0.25, 0.3) is 22.4 Å². The minimum absolute atomic E-state index is 0.0214. The summed E-state index contributed by atoms with van der Waals surface area (Å²) < 4.78 is 74.6. The minimum Gasteiger partial charge on any atom is -0.442 e. The van der Waals surface area contributed by atoms with Crippen LogP contribution in [-0.4, -0.2) is 74.9 Å². The van der Waals surface area contributed by atoms with Crippen molar-refractivity contribution < 1.29 is 41.0 Å². The molecule has 1 aliphatic carbocycles. The van der Waals surface area contributed by atoms with Crippen LogP contribution in [-0.2, 0) is 9.47 Å². The van der Waals surface area contributed by atoms with Gasteiger partial charge in [-0.25, -0.2) is 28.5 Å². The quantitative estimate of drug-likeness (QED) is 0.125. The first kappa shape index (κ1) is 33.4. The van der Waals surface area contributed by atoms with E-state index < -0.39 is 42.5 Å². The van der Waals surface area contributed by atoms with Gasteiger partial charge < -0.3 is 30.4 Å². The SMILES string of the molecule is CC(OC(=O)NCCOCC(F)(F)F)c1ccnc(C(=O)N[C@H]2CCC[C@@H](Nc3nc(-c4c[nH]c5ncc(F)cc45)ncc3F)C2)c1. The Bertz CT molecular complexity index is 1720. The van der Waals surface area contributed by atoms with Gasteiger partial charge in [-0.15, -0.1) is 0 Å². The van der Waals surface area contributed by atoms with E-state index in [0.29, 0.717) is 41.4 Å². The number of aromatic nitrogens is 5. The zero-order chi connectivity index (χ0) is 33.6. The number of nitrogens with zero attached hydrogens (tertiary/aromatic N) is 4. The highest BCUT2D eigenvalue weighted by molar-refractivity contribution is 5.93. The minimum atomic E-state index is -4.46. The van der Waals surface area contributed by atoms with Crippen LogP contribution in [0.2, 0.25) is 0 Å². The van der Waals surface area contributed by atoms with E-state index >= 15 is 0 Å². The maximum atomic E-state index is 14.8. The molecule has 3 atom stereocenters. The highest BCUT2D eigenvalue weighted by Gasteiger charge is 2.28. The Morgan fingerprint density at radius 3 is 2.72 bits per heavy atom. The zero-order valence-corrected chi connectivity index (χ0v) is 25.0. The fourth-order valence-electron chi connectivity index (χ4n) is 5.17. The molecule has 0 bridgehead atoms. The number of halogens is 5. The van der Waals surface area contributed by atoms with Gasteiger partial charge >= 0.3 is 12.3 Å². The fourth-order valence-corrected chi connectivity index (χ4v) is 5.17. The topological polar surface area (TPSA) is 156 Å². The van der Waals surface area contributed by atoms with E-state index in [0.717, 1.165) is 18.8 Å². The van der Waals surface area contributed by atoms with Gasteiger partial charge in [-0.1, -0.05) is 0 Å². The number of aromatic amines is 1. The molecule has 4 aromatic heterocycles. The lowest BCUT2D eigenvalue weighted by Gasteiger charge is -2.30. The summed E-state index contributed by atoms with van der Waals surface area (Å²) in [5, 5.41) is 8.83. The van der Waals surface area contributed by atoms with Gasteiger partial charge in [0.25, 0.3) is 5.91 Å². The monoisotopic (exact) mass is 662 g/mol. The van der Waals surface area contributed by atoms with Crippen molar-refractivity contribution in [1.82, 2.24) is 35.6 Å². The zero-order valence-electron chi connectivity index (χ0n) is 25.0. The number of H-pyrrole nitrogens is 1. The predicted octanol–water partition coefficient (Wildman–Crippen LogP) is 5.21. The molecule has 1 fully saturated rings. The predicted molar refractivity (Wildman–Crippen MR) is 158 cm³/mol. The Labute approximate surface area is 264 Å². The molecule has 4 aromatic rings. The molecule has 1 aliphatic rings. The lowest BCUT2D eigenvalue weighted by molar-refractivity contribution is -0.173. The largest absolute Gasteiger partial charge is 0.442 e. The molecule has 0 radical (unpaired) electrons. The lowest BCUT2D eigenvalue weighted by Crippen LogP contribution is -2.42. The third-order valence-corrected chi connectivity index (χ3v) is 7.38. The third-order valence-electron chi connectivity index (χ3n) is 7.38. The number of fused-ring (bicyclic) bond motifs is 1. The maximum absolute atomic E-state index is 14.8. The summed E-state index contributed by atoms with van der Waals surface area (Å²) in [5.74, 6) is -1.48. The molecule has 12 nitrogen and oxygen atoms in total. The first-order chi connectivity index (χ1) is 22.4. The van der Waals surface area contributed by atoms with Crippen molar-refractivity contribution in [2.24, 2.45) is 0 Å². The fraction of sp³-hybridized carbons (Fsp3) is 0.400. The summed E-state index contributed by atoms with van der Waals surface area (Å²) in [6.45, 7) is -0.382. The Morgan fingerprint density at radius 2 is 1.91 bits per heavy atom. The van der Waals surface area contributed by atoms with Crippen molar-refractivity contribution in [2.45, 2.75) is 57.0 Å². The molecular formula is C30H31F5N8O4. The average molecular weight is 663 g/mol. The van der Waals surface area contributed by atoms with E-state index in [2.05, 4.69) is 45.6 Å². The number of nitrogens with one attached hydrogen (secondary N) is 4. The van der Waals surface area contributed by atoms with Gasteiger partial charge in [-0.3, -0.25) is 9.78 Å². The van der Waals surface area contributed by atoms with Crippen LogP contribution in [0, 0.1) is 11.6 Å². The van der Waals surface area contributed by atoms with E-state index in [-0.39, 0.29) is 42.6 Å². The maximum Gasteiger partial charge on any atom is 0.411 e. The molecule has 17 heteroatoms. The molecule has 2 amide bonds. The molecule has 0 aromatic carbocycles. The van der Waals surface area contributed by atoms with Gasteiger partial charge in [-0.2, -0.15) is 13.2 Å². The van der Waals surface area contributed by atoms with Crippen LogP contribution in [0.15, 0.2) is 43.0 Å². The number of carbonyl (C=O) groups excluding carboxylic acids is 2. The molecule has 4 N–H and O–H groups in total. The second-order valence-electron chi connectivity index (χ2n) is 10.9. The second kappa shape index (κ2) is 14.7. The summed E-state index contributed by atoms with van der Waals surface area (Å²) in [7, 11) is 0. The van der Waals surface area contributed by atoms with Gasteiger partial charge in [0.15, 0.2) is 17.5 Å². The number of ether oxygens (including phenoxy) is 2. The molecule has 1 unspecified atom stereocenters. The van der Waals surface area contributed by atoms with E-state index in [1.807, 2.05) is 0 Å². The van der Waals surface area contributed by atoms with Gasteiger partial charge in [0.05, 0.1) is 19.0 Å². The van der Waals surface area contributed by atoms with Crippen molar-refractivity contribution in [3.8, 4) is 11.4 Å². The Morgan fingerprint density at radius 1 is 1.11 bits per heavy atom. The molecule has 47 heavy (non-hydrogen) atoms. The van der Waals surface area contributed by atoms with Gasteiger partial charge in [0, 0.05) is 42.0 Å². The van der Waals surface area contributed by atoms with Gasteiger partial charge in [-0.05, 0) is 56.4 Å². The van der Waals surface area contributed by atoms with E-state index in [1.54, 1.807) is 19.2 Å². The Balaban J connectivity index is 1.15. The van der Waals surface area contributed by atoms with E-state index in [4.69, 9.17) is 4.74 Å². The van der Waals surface area contributed by atoms with Crippen LogP contribution in [0.1, 0.15) is 54.8 Å². The standard InChI is InChI=1S/C30H31F5N8O4/c1-16(47-29(45)37-7-8-46-15-30(33,34)35)17-5-6-36-24(9-17)28(44)42-20-4-2-3-19(11-20)41-27-23(32)14-40-26(43-27)22-13-39-25-21(22)10-18(31)12-38-25/h5-6,9-10,12-14,16,19-20H,2-4,7-8,11,15H2,1H3,(H,37,45)(H,38,39)(H,42,44)(H,40,41,43)/t16?,19-,20+/m1/s1. The van der Waals surface area contributed by atoms with Crippen LogP contribution in [0.4, 0.5) is 32.6 Å². The smallest absolute Gasteiger partial charge is 0.411 e. The van der Waals surface area contributed by atoms with Gasteiger partial charge in [0.2, 0.25) is 0 Å². The molecule has 0 aliphatic heterocycles. The Kier molecular flexibility index (Phi) is 10.4. The van der Waals surface area contributed by atoms with Crippen molar-refractivity contribution >= 4 is 28.9 Å². The van der Waals surface area contributed by atoms with E-state index in [1.165, 1.54) is 18.3 Å². The molecule has 4 heterocycles. The normalized spacial score (nSPS) is 17.2. The number of hydrogen-bond donors (Lipinski definition) is 4. The summed E-state index contributed by atoms with van der Waals surface area (Å²) in [4.78, 5) is 44.6. The summed E-state index contributed by atoms with van der Waals surface area (Å²) in [5.41, 5.74) is 1.47. The summed E-state index contributed by atoms with van der Waals surface area (Å²) in [6, 6.07) is 3.85. The lowest BCUT2D eigenvalue weighted by atomic mass is 9.90. The van der Waals surface area contributed by atoms with Crippen molar-refractivity contribution in [3.05, 3.63) is 65.9 Å². The highest BCUT2D eigenvalue weighted by atomic mass is 19.4. The molecule has 1 saturated carbocycles. The number of hydrogen-bond acceptors (Lipinski definition) is 9. The van der Waals surface area contributed by atoms with Crippen LogP contribution >= 0.6 is 0 Å². The molecule has 5 rings (SSSR count). The Hall–Kier alpha value is -4.93. The first-order valence-electron chi connectivity index (χ1n) is 14.7. The number of anilines is 1. The molecular weight excluding hydrogens is 631 g/mol. The van der Waals surface area contributed by atoms with Crippen molar-refractivity contribution in [1.29, 1.82) is 0 Å². The van der Waals surface area contributed by atoms with Crippen molar-refractivity contribution in [3.63, 3.8) is 0 Å². The van der Waals surface area contributed by atoms with E-state index in [9.17, 15) is 31.5 Å². The number of alkyl carbamates (subject to hydrolysis) is 1. The van der Waals surface area contributed by atoms with Gasteiger partial charge in [0.1, 0.15) is 29.9 Å². The number of amides is 2. The first-order valence-corrected chi connectivity index (χ1v) is 14.7. The van der Waals surface area contributed by atoms with Crippen LogP contribution in [0.5, 0.6) is 0 Å². The summed E-state index contributed by atoms with van der Waals surface area (Å²) >= 11 is 0. The molecule has 0 saturated heterocycles. The van der Waals surface area contributed by atoms with Crippen LogP contribution in [0.3, 0.4) is 0 Å². The number of alkyl halides is 3.